The van der Waals surface area contributed by atoms with Crippen LogP contribution in [0.5, 0.6) is 0 Å². The van der Waals surface area contributed by atoms with Gasteiger partial charge in [0.2, 0.25) is 0 Å². The zero-order valence-electron chi connectivity index (χ0n) is 6.91. The van der Waals surface area contributed by atoms with Gasteiger partial charge < -0.3 is 15.1 Å². The molecule has 8 heteroatoms. The second-order valence-corrected chi connectivity index (χ2v) is 3.67. The lowest BCUT2D eigenvalue weighted by Gasteiger charge is -2.11. The standard InChI is InChI=1S/C5H11O7P/c1-4(6)2-11-13(9,10)12-3-5(7)8/h5,7-8H,2-3H2,1H3,(H,9,10). The summed E-state index contributed by atoms with van der Waals surface area (Å²) in [5, 5.41) is 16.5. The highest BCUT2D eigenvalue weighted by Gasteiger charge is 2.22. The lowest BCUT2D eigenvalue weighted by molar-refractivity contribution is -0.119. The van der Waals surface area contributed by atoms with Crippen molar-refractivity contribution in [2.45, 2.75) is 13.2 Å². The molecule has 0 rings (SSSR count). The molecule has 78 valence electrons. The summed E-state index contributed by atoms with van der Waals surface area (Å²) in [4.78, 5) is 19.1. The largest absolute Gasteiger partial charge is 0.472 e. The molecule has 1 unspecified atom stereocenters. The van der Waals surface area contributed by atoms with E-state index in [1.54, 1.807) is 0 Å². The first kappa shape index (κ1) is 12.7. The summed E-state index contributed by atoms with van der Waals surface area (Å²) < 4.78 is 19.0. The Morgan fingerprint density at radius 1 is 1.46 bits per heavy atom. The van der Waals surface area contributed by atoms with E-state index in [1.807, 2.05) is 0 Å². The van der Waals surface area contributed by atoms with Gasteiger partial charge in [-0.15, -0.1) is 0 Å². The summed E-state index contributed by atoms with van der Waals surface area (Å²) in [5.74, 6) is -0.442. The highest BCUT2D eigenvalue weighted by molar-refractivity contribution is 7.47. The lowest BCUT2D eigenvalue weighted by atomic mass is 10.5. The molecule has 0 heterocycles. The van der Waals surface area contributed by atoms with Crippen molar-refractivity contribution in [2.75, 3.05) is 13.2 Å². The van der Waals surface area contributed by atoms with Gasteiger partial charge in [-0.1, -0.05) is 0 Å². The molecule has 0 aliphatic rings. The van der Waals surface area contributed by atoms with Crippen molar-refractivity contribution in [2.24, 2.45) is 0 Å². The van der Waals surface area contributed by atoms with E-state index in [9.17, 15) is 9.36 Å². The predicted molar refractivity (Wildman–Crippen MR) is 40.6 cm³/mol. The van der Waals surface area contributed by atoms with E-state index in [2.05, 4.69) is 9.05 Å². The molecule has 0 aromatic rings. The molecule has 1 atom stereocenters. The predicted octanol–water partition coefficient (Wildman–Crippen LogP) is -0.980. The molecule has 3 N–H and O–H groups in total. The zero-order valence-corrected chi connectivity index (χ0v) is 7.81. The van der Waals surface area contributed by atoms with Crippen LogP contribution in [0.1, 0.15) is 6.92 Å². The van der Waals surface area contributed by atoms with Gasteiger partial charge in [-0.2, -0.15) is 0 Å². The Morgan fingerprint density at radius 3 is 2.38 bits per heavy atom. The minimum Gasteiger partial charge on any atom is -0.366 e. The zero-order chi connectivity index (χ0) is 10.5. The molecule has 7 nitrogen and oxygen atoms in total. The summed E-state index contributed by atoms with van der Waals surface area (Å²) >= 11 is 0. The Bertz CT molecular complexity index is 213. The van der Waals surface area contributed by atoms with Gasteiger partial charge in [0, 0.05) is 0 Å². The molecular weight excluding hydrogens is 203 g/mol. The molecule has 0 fully saturated rings. The second-order valence-electron chi connectivity index (χ2n) is 2.22. The Hall–Kier alpha value is -0.300. The van der Waals surface area contributed by atoms with Gasteiger partial charge in [0.05, 0.1) is 0 Å². The minimum atomic E-state index is -4.34. The van der Waals surface area contributed by atoms with E-state index in [0.29, 0.717) is 0 Å². The highest BCUT2D eigenvalue weighted by Crippen LogP contribution is 2.42. The van der Waals surface area contributed by atoms with Crippen LogP contribution in [-0.2, 0) is 18.4 Å². The fourth-order valence-corrected chi connectivity index (χ4v) is 1.11. The van der Waals surface area contributed by atoms with Crippen LogP contribution in [0, 0.1) is 0 Å². The van der Waals surface area contributed by atoms with Gasteiger partial charge in [-0.3, -0.25) is 13.8 Å². The minimum absolute atomic E-state index is 0.442. The lowest BCUT2D eigenvalue weighted by Crippen LogP contribution is -2.14. The quantitative estimate of drug-likeness (QED) is 0.384. The monoisotopic (exact) mass is 214 g/mol. The fraction of sp³-hybridized carbons (Fsp3) is 0.800. The van der Waals surface area contributed by atoms with Crippen LogP contribution in [0.3, 0.4) is 0 Å². The number of carbonyl (C=O) groups is 1. The molecule has 0 saturated carbocycles. The number of carbonyl (C=O) groups excluding carboxylic acids is 1. The van der Waals surface area contributed by atoms with Gasteiger partial charge in [-0.05, 0) is 6.92 Å². The van der Waals surface area contributed by atoms with Crippen molar-refractivity contribution in [3.8, 4) is 0 Å². The molecule has 0 bridgehead atoms. The maximum atomic E-state index is 10.8. The third kappa shape index (κ3) is 8.04. The number of aliphatic hydroxyl groups is 2. The summed E-state index contributed by atoms with van der Waals surface area (Å²) in [6, 6.07) is 0. The van der Waals surface area contributed by atoms with E-state index >= 15 is 0 Å². The first-order chi connectivity index (χ1) is 5.83. The van der Waals surface area contributed by atoms with Crippen molar-refractivity contribution in [1.82, 2.24) is 0 Å². The van der Waals surface area contributed by atoms with Gasteiger partial charge >= 0.3 is 7.82 Å². The van der Waals surface area contributed by atoms with Gasteiger partial charge in [0.1, 0.15) is 13.2 Å². The third-order valence-corrected chi connectivity index (χ3v) is 1.75. The maximum absolute atomic E-state index is 10.8. The molecule has 0 aliphatic carbocycles. The molecule has 13 heavy (non-hydrogen) atoms. The SMILES string of the molecule is CC(=O)COP(=O)(O)OCC(O)O. The molecule has 0 radical (unpaired) electrons. The van der Waals surface area contributed by atoms with Crippen LogP contribution in [-0.4, -0.2) is 40.4 Å². The smallest absolute Gasteiger partial charge is 0.366 e. The molecule has 0 spiro atoms. The summed E-state index contributed by atoms with van der Waals surface area (Å²) in [6.45, 7) is -0.151. The van der Waals surface area contributed by atoms with Crippen molar-refractivity contribution in [3.63, 3.8) is 0 Å². The van der Waals surface area contributed by atoms with Gasteiger partial charge in [0.15, 0.2) is 12.1 Å². The number of Topliss-reactive ketones (excluding diaryl/α,β-unsaturated/α-hetero) is 1. The Morgan fingerprint density at radius 2 is 2.00 bits per heavy atom. The van der Waals surface area contributed by atoms with E-state index < -0.39 is 33.1 Å². The normalized spacial score (nSPS) is 15.8. The number of rotatable bonds is 6. The van der Waals surface area contributed by atoms with E-state index in [1.165, 1.54) is 6.92 Å². The van der Waals surface area contributed by atoms with Crippen molar-refractivity contribution >= 4 is 13.6 Å². The maximum Gasteiger partial charge on any atom is 0.472 e. The Kier molecular flexibility index (Phi) is 5.31. The topological polar surface area (TPSA) is 113 Å². The van der Waals surface area contributed by atoms with Crippen LogP contribution in [0.15, 0.2) is 0 Å². The molecule has 0 aromatic heterocycles. The van der Waals surface area contributed by atoms with Crippen LogP contribution in [0.4, 0.5) is 0 Å². The number of phosphoric ester groups is 1. The number of aliphatic hydroxyl groups excluding tert-OH is 1. The number of hydrogen-bond donors (Lipinski definition) is 3. The average Bonchev–Trinajstić information content (AvgIpc) is 1.98. The van der Waals surface area contributed by atoms with Crippen LogP contribution in [0.2, 0.25) is 0 Å². The number of phosphoric acid groups is 1. The van der Waals surface area contributed by atoms with E-state index in [-0.39, 0.29) is 0 Å². The first-order valence-corrected chi connectivity index (χ1v) is 4.80. The summed E-state index contributed by atoms with van der Waals surface area (Å²) in [6.07, 6.45) is -1.86. The second kappa shape index (κ2) is 5.43. The van der Waals surface area contributed by atoms with Crippen molar-refractivity contribution in [3.05, 3.63) is 0 Å². The van der Waals surface area contributed by atoms with Gasteiger partial charge in [0.25, 0.3) is 0 Å². The third-order valence-electron chi connectivity index (χ3n) is 0.818. The molecule has 0 aliphatic heterocycles. The van der Waals surface area contributed by atoms with Crippen molar-refractivity contribution < 1.29 is 33.5 Å². The van der Waals surface area contributed by atoms with E-state index in [4.69, 9.17) is 15.1 Å². The van der Waals surface area contributed by atoms with Gasteiger partial charge in [-0.25, -0.2) is 4.57 Å². The number of hydrogen-bond acceptors (Lipinski definition) is 6. The van der Waals surface area contributed by atoms with Crippen LogP contribution in [0.25, 0.3) is 0 Å². The molecule has 0 saturated heterocycles. The molecule has 0 amide bonds. The van der Waals surface area contributed by atoms with Crippen LogP contribution >= 0.6 is 7.82 Å². The summed E-state index contributed by atoms with van der Waals surface area (Å²) in [7, 11) is -4.34. The molecular formula is C5H11O7P. The fourth-order valence-electron chi connectivity index (χ4n) is 0.371. The Balaban J connectivity index is 3.80. The number of ketones is 1. The average molecular weight is 214 g/mol. The van der Waals surface area contributed by atoms with E-state index in [0.717, 1.165) is 0 Å². The molecule has 0 aromatic carbocycles. The Labute approximate surface area is 74.5 Å². The highest BCUT2D eigenvalue weighted by atomic mass is 31.2. The summed E-state index contributed by atoms with van der Waals surface area (Å²) in [5.41, 5.74) is 0. The first-order valence-electron chi connectivity index (χ1n) is 3.31. The van der Waals surface area contributed by atoms with Crippen molar-refractivity contribution in [1.29, 1.82) is 0 Å². The van der Waals surface area contributed by atoms with Crippen LogP contribution < -0.4 is 0 Å².